The third kappa shape index (κ3) is 6.08. The van der Waals surface area contributed by atoms with Crippen molar-refractivity contribution in [3.05, 3.63) is 55.6 Å². The predicted octanol–water partition coefficient (Wildman–Crippen LogP) is 1.83. The van der Waals surface area contributed by atoms with Crippen molar-refractivity contribution < 1.29 is 14.7 Å². The molecular formula is C22H22N4O4S. The Balaban J connectivity index is 2.42. The van der Waals surface area contributed by atoms with Crippen LogP contribution in [0.4, 0.5) is 11.4 Å². The van der Waals surface area contributed by atoms with E-state index in [1.807, 2.05) is 20.8 Å². The number of anilines is 2. The van der Waals surface area contributed by atoms with Gasteiger partial charge in [-0.15, -0.1) is 0 Å². The Morgan fingerprint density at radius 3 is 2.55 bits per heavy atom. The number of aliphatic carboxylic acids is 1. The Labute approximate surface area is 182 Å². The van der Waals surface area contributed by atoms with Gasteiger partial charge in [0.05, 0.1) is 0 Å². The summed E-state index contributed by atoms with van der Waals surface area (Å²) in [5.41, 5.74) is 5.17. The molecule has 0 saturated heterocycles. The van der Waals surface area contributed by atoms with Gasteiger partial charge in [0.25, 0.3) is 5.56 Å². The molecule has 0 bridgehead atoms. The van der Waals surface area contributed by atoms with Crippen molar-refractivity contribution in [2.45, 2.75) is 34.2 Å². The normalized spacial score (nSPS) is 10.3. The van der Waals surface area contributed by atoms with Gasteiger partial charge in [0, 0.05) is 29.5 Å². The molecule has 0 saturated carbocycles. The average molecular weight is 439 g/mol. The second kappa shape index (κ2) is 9.79. The fourth-order valence-corrected chi connectivity index (χ4v) is 3.29. The minimum absolute atomic E-state index is 0.111. The van der Waals surface area contributed by atoms with Crippen LogP contribution in [-0.2, 0) is 16.1 Å². The Hall–Kier alpha value is -3.82. The molecule has 0 aliphatic heterocycles. The number of rotatable bonds is 5. The monoisotopic (exact) mass is 438 g/mol. The second-order valence-corrected chi connectivity index (χ2v) is 8.42. The van der Waals surface area contributed by atoms with Crippen LogP contribution in [0.3, 0.4) is 0 Å². The molecular weight excluding hydrogens is 416 g/mol. The first-order valence-electron chi connectivity index (χ1n) is 9.34. The van der Waals surface area contributed by atoms with Crippen molar-refractivity contribution in [2.75, 3.05) is 10.6 Å². The highest BCUT2D eigenvalue weighted by atomic mass is 32.1. The number of carboxylic acid groups (broad SMARTS) is 1. The Morgan fingerprint density at radius 2 is 1.97 bits per heavy atom. The molecule has 1 aromatic carbocycles. The molecule has 31 heavy (non-hydrogen) atoms. The largest absolute Gasteiger partial charge is 0.477 e. The highest BCUT2D eigenvalue weighted by molar-refractivity contribution is 7.07. The van der Waals surface area contributed by atoms with Crippen molar-refractivity contribution in [2.24, 2.45) is 5.41 Å². The molecule has 0 aliphatic carbocycles. The smallest absolute Gasteiger partial charge is 0.354 e. The lowest BCUT2D eigenvalue weighted by molar-refractivity contribution is -0.132. The third-order valence-corrected chi connectivity index (χ3v) is 5.01. The summed E-state index contributed by atoms with van der Waals surface area (Å²) in [4.78, 5) is 35.7. The van der Waals surface area contributed by atoms with Crippen LogP contribution in [0, 0.1) is 16.7 Å². The van der Waals surface area contributed by atoms with Crippen molar-refractivity contribution in [1.82, 2.24) is 4.57 Å². The fourth-order valence-electron chi connectivity index (χ4n) is 2.31. The second-order valence-electron chi connectivity index (χ2n) is 7.42. The van der Waals surface area contributed by atoms with E-state index < -0.39 is 17.0 Å². The number of aromatic nitrogens is 1. The molecule has 0 atom stereocenters. The summed E-state index contributed by atoms with van der Waals surface area (Å²) >= 11 is 0.986. The van der Waals surface area contributed by atoms with Crippen LogP contribution in [0.2, 0.25) is 0 Å². The van der Waals surface area contributed by atoms with Gasteiger partial charge in [-0.2, -0.15) is 5.26 Å². The van der Waals surface area contributed by atoms with Gasteiger partial charge in [0.2, 0.25) is 5.91 Å². The molecule has 0 aliphatic rings. The number of benzene rings is 1. The first-order valence-corrected chi connectivity index (χ1v) is 10.2. The summed E-state index contributed by atoms with van der Waals surface area (Å²) in [5.74, 6) is -1.52. The van der Waals surface area contributed by atoms with Crippen molar-refractivity contribution in [3.63, 3.8) is 0 Å². The molecule has 2 rings (SSSR count). The topological polar surface area (TPSA) is 124 Å². The Bertz CT molecular complexity index is 1310. The number of nitrogens with zero attached hydrogens (tertiary/aromatic N) is 2. The van der Waals surface area contributed by atoms with Crippen LogP contribution in [0.25, 0.3) is 11.5 Å². The zero-order chi connectivity index (χ0) is 23.2. The summed E-state index contributed by atoms with van der Waals surface area (Å²) in [6, 6.07) is 8.63. The van der Waals surface area contributed by atoms with E-state index >= 15 is 0 Å². The molecule has 1 amide bonds. The van der Waals surface area contributed by atoms with Gasteiger partial charge < -0.3 is 15.7 Å². The first kappa shape index (κ1) is 23.5. The van der Waals surface area contributed by atoms with Gasteiger partial charge in [-0.3, -0.25) is 14.2 Å². The van der Waals surface area contributed by atoms with Gasteiger partial charge in [0.1, 0.15) is 15.3 Å². The Morgan fingerprint density at radius 1 is 1.29 bits per heavy atom. The van der Waals surface area contributed by atoms with E-state index in [2.05, 4.69) is 22.1 Å². The number of thiazole rings is 1. The van der Waals surface area contributed by atoms with Gasteiger partial charge in [-0.25, -0.2) is 4.79 Å². The summed E-state index contributed by atoms with van der Waals surface area (Å²) in [6.07, 6.45) is 1.45. The summed E-state index contributed by atoms with van der Waals surface area (Å²) in [5, 5.41) is 23.7. The zero-order valence-electron chi connectivity index (χ0n) is 17.6. The van der Waals surface area contributed by atoms with E-state index in [0.717, 1.165) is 11.3 Å². The van der Waals surface area contributed by atoms with Crippen molar-refractivity contribution in [3.8, 4) is 6.07 Å². The van der Waals surface area contributed by atoms with E-state index in [1.165, 1.54) is 10.8 Å². The molecule has 0 unspecified atom stereocenters. The zero-order valence-corrected chi connectivity index (χ0v) is 18.4. The predicted molar refractivity (Wildman–Crippen MR) is 120 cm³/mol. The van der Waals surface area contributed by atoms with Crippen LogP contribution >= 0.6 is 11.3 Å². The summed E-state index contributed by atoms with van der Waals surface area (Å²) in [6.45, 7) is 7.49. The lowest BCUT2D eigenvalue weighted by atomic mass is 9.95. The lowest BCUT2D eigenvalue weighted by Crippen LogP contribution is -2.30. The number of nitriles is 1. The minimum atomic E-state index is -1.41. The van der Waals surface area contributed by atoms with E-state index in [9.17, 15) is 14.4 Å². The van der Waals surface area contributed by atoms with Crippen LogP contribution in [0.5, 0.6) is 0 Å². The summed E-state index contributed by atoms with van der Waals surface area (Å²) in [7, 11) is 0. The summed E-state index contributed by atoms with van der Waals surface area (Å²) < 4.78 is 1.79. The Kier molecular flexibility index (Phi) is 7.41. The number of carbonyl (C=O) groups is 2. The average Bonchev–Trinajstić information content (AvgIpc) is 2.99. The molecule has 9 heteroatoms. The van der Waals surface area contributed by atoms with E-state index in [-0.39, 0.29) is 20.7 Å². The number of carbonyl (C=O) groups excluding carboxylic acids is 1. The van der Waals surface area contributed by atoms with Gasteiger partial charge >= 0.3 is 5.97 Å². The van der Waals surface area contributed by atoms with Gasteiger partial charge in [-0.05, 0) is 25.1 Å². The minimum Gasteiger partial charge on any atom is -0.477 e. The third-order valence-electron chi connectivity index (χ3n) is 4.00. The quantitative estimate of drug-likeness (QED) is 0.483. The number of hydrogen-bond donors (Lipinski definition) is 3. The molecule has 0 spiro atoms. The molecule has 8 nitrogen and oxygen atoms in total. The SMILES string of the molecule is CCn1c(=C=C(C#N)C(=O)O)sc(=C=CNc2cccc(NC(=O)C(C)(C)C)c2)c1=O. The number of amides is 1. The van der Waals surface area contributed by atoms with E-state index in [1.54, 1.807) is 37.3 Å². The maximum absolute atomic E-state index is 12.5. The van der Waals surface area contributed by atoms with E-state index in [0.29, 0.717) is 17.9 Å². The van der Waals surface area contributed by atoms with Crippen molar-refractivity contribution in [1.29, 1.82) is 5.26 Å². The molecule has 0 fully saturated rings. The maximum Gasteiger partial charge on any atom is 0.354 e. The molecule has 3 N–H and O–H groups in total. The molecule has 160 valence electrons. The van der Waals surface area contributed by atoms with Gasteiger partial charge in [0.15, 0.2) is 5.57 Å². The van der Waals surface area contributed by atoms with Gasteiger partial charge in [-0.1, -0.05) is 49.6 Å². The van der Waals surface area contributed by atoms with Crippen LogP contribution in [0.15, 0.2) is 40.8 Å². The lowest BCUT2D eigenvalue weighted by Gasteiger charge is -2.17. The van der Waals surface area contributed by atoms with Crippen LogP contribution in [-0.4, -0.2) is 21.6 Å². The van der Waals surface area contributed by atoms with E-state index in [4.69, 9.17) is 10.4 Å². The molecule has 1 heterocycles. The molecule has 1 aromatic heterocycles. The fraction of sp³-hybridized carbons (Fsp3) is 0.273. The van der Waals surface area contributed by atoms with Crippen LogP contribution < -0.4 is 25.4 Å². The number of nitrogens with one attached hydrogen (secondary N) is 2. The standard InChI is InChI=1S/C22H22N4O4S/c1-5-26-18(11-14(13-23)20(28)29)31-17(19(26)27)9-10-24-15-7-6-8-16(12-15)25-21(30)22(2,3)4/h6-8,10,12,24H,5H2,1-4H3,(H,25,30)(H,28,29). The number of hydrogen-bond acceptors (Lipinski definition) is 6. The van der Waals surface area contributed by atoms with Crippen LogP contribution in [0.1, 0.15) is 27.7 Å². The highest BCUT2D eigenvalue weighted by Gasteiger charge is 2.21. The molecule has 0 radical (unpaired) electrons. The first-order chi connectivity index (χ1) is 14.6. The molecule has 2 aromatic rings. The maximum atomic E-state index is 12.5. The number of carboxylic acids is 1. The van der Waals surface area contributed by atoms with Crippen molar-refractivity contribution >= 4 is 46.1 Å². The highest BCUT2D eigenvalue weighted by Crippen LogP contribution is 2.19.